The summed E-state index contributed by atoms with van der Waals surface area (Å²) in [5, 5.41) is 13.6. The van der Waals surface area contributed by atoms with Gasteiger partial charge in [-0.15, -0.1) is 0 Å². The summed E-state index contributed by atoms with van der Waals surface area (Å²) in [4.78, 5) is 0. The monoisotopic (exact) mass is 247 g/mol. The van der Waals surface area contributed by atoms with Crippen LogP contribution in [0.5, 0.6) is 11.6 Å². The fourth-order valence-electron chi connectivity index (χ4n) is 1.88. The Bertz CT molecular complexity index is 549. The first-order chi connectivity index (χ1) is 8.67. The first kappa shape index (κ1) is 12.6. The van der Waals surface area contributed by atoms with E-state index < -0.39 is 0 Å². The van der Waals surface area contributed by atoms with Gasteiger partial charge in [-0.2, -0.15) is 5.10 Å². The molecule has 1 heterocycles. The highest BCUT2D eigenvalue weighted by atomic mass is 16.5. The number of nitrogens with zero attached hydrogens (tertiary/aromatic N) is 2. The van der Waals surface area contributed by atoms with E-state index in [4.69, 9.17) is 10.5 Å². The number of benzene rings is 1. The average Bonchev–Trinajstić information content (AvgIpc) is 2.64. The predicted molar refractivity (Wildman–Crippen MR) is 68.3 cm³/mol. The molecule has 0 amide bonds. The topological polar surface area (TPSA) is 73.3 Å². The second-order valence-electron chi connectivity index (χ2n) is 4.06. The van der Waals surface area contributed by atoms with Crippen LogP contribution < -0.4 is 10.5 Å². The summed E-state index contributed by atoms with van der Waals surface area (Å²) in [5.74, 6) is 1.24. The quantitative estimate of drug-likeness (QED) is 0.858. The number of hydrogen-bond donors (Lipinski definition) is 2. The van der Waals surface area contributed by atoms with Crippen molar-refractivity contribution in [1.29, 1.82) is 0 Å². The summed E-state index contributed by atoms with van der Waals surface area (Å²) < 4.78 is 7.49. The van der Waals surface area contributed by atoms with E-state index in [1.165, 1.54) is 0 Å². The van der Waals surface area contributed by atoms with Gasteiger partial charge < -0.3 is 15.6 Å². The standard InChI is InChI=1S/C13H17N3O2/c1-9-11(7-14)13(16(2)15-9)18-12-6-4-3-5-10(12)8-17/h3-6,17H,7-8,14H2,1-2H3. The van der Waals surface area contributed by atoms with Crippen molar-refractivity contribution < 1.29 is 9.84 Å². The van der Waals surface area contributed by atoms with Crippen molar-refractivity contribution in [1.82, 2.24) is 9.78 Å². The molecule has 0 spiro atoms. The zero-order chi connectivity index (χ0) is 13.1. The summed E-state index contributed by atoms with van der Waals surface area (Å²) in [6.45, 7) is 2.20. The summed E-state index contributed by atoms with van der Waals surface area (Å²) in [5.41, 5.74) is 8.18. The van der Waals surface area contributed by atoms with Crippen molar-refractivity contribution in [2.75, 3.05) is 0 Å². The SMILES string of the molecule is Cc1nn(C)c(Oc2ccccc2CO)c1CN. The molecule has 0 fully saturated rings. The first-order valence-corrected chi connectivity index (χ1v) is 5.76. The lowest BCUT2D eigenvalue weighted by molar-refractivity contribution is 0.275. The van der Waals surface area contributed by atoms with E-state index in [2.05, 4.69) is 5.10 Å². The highest BCUT2D eigenvalue weighted by Crippen LogP contribution is 2.29. The van der Waals surface area contributed by atoms with Crippen LogP contribution in [-0.4, -0.2) is 14.9 Å². The van der Waals surface area contributed by atoms with E-state index in [0.29, 0.717) is 18.2 Å². The van der Waals surface area contributed by atoms with E-state index in [1.807, 2.05) is 38.2 Å². The second-order valence-corrected chi connectivity index (χ2v) is 4.06. The molecular formula is C13H17N3O2. The smallest absolute Gasteiger partial charge is 0.222 e. The molecule has 0 bridgehead atoms. The Balaban J connectivity index is 2.39. The number of nitrogens with two attached hydrogens (primary N) is 1. The molecule has 18 heavy (non-hydrogen) atoms. The van der Waals surface area contributed by atoms with Gasteiger partial charge in [-0.1, -0.05) is 18.2 Å². The fourth-order valence-corrected chi connectivity index (χ4v) is 1.88. The number of hydrogen-bond acceptors (Lipinski definition) is 4. The van der Waals surface area contributed by atoms with Crippen LogP contribution in [0.4, 0.5) is 0 Å². The number of para-hydroxylation sites is 1. The summed E-state index contributed by atoms with van der Waals surface area (Å²) in [6.07, 6.45) is 0. The molecule has 2 aromatic rings. The Morgan fingerprint density at radius 2 is 2.11 bits per heavy atom. The van der Waals surface area contributed by atoms with Crippen LogP contribution in [0, 0.1) is 6.92 Å². The number of ether oxygens (including phenoxy) is 1. The molecule has 0 atom stereocenters. The Morgan fingerprint density at radius 1 is 1.39 bits per heavy atom. The van der Waals surface area contributed by atoms with Gasteiger partial charge in [-0.25, -0.2) is 4.68 Å². The molecule has 0 aliphatic heterocycles. The lowest BCUT2D eigenvalue weighted by atomic mass is 10.2. The van der Waals surface area contributed by atoms with Crippen LogP contribution in [-0.2, 0) is 20.2 Å². The minimum atomic E-state index is -0.0645. The van der Waals surface area contributed by atoms with E-state index in [0.717, 1.165) is 16.8 Å². The highest BCUT2D eigenvalue weighted by molar-refractivity contribution is 5.39. The molecule has 1 aromatic heterocycles. The summed E-state index contributed by atoms with van der Waals surface area (Å²) in [6, 6.07) is 7.35. The molecule has 0 saturated carbocycles. The molecule has 0 aliphatic rings. The van der Waals surface area contributed by atoms with Crippen LogP contribution in [0.3, 0.4) is 0 Å². The van der Waals surface area contributed by atoms with Crippen LogP contribution in [0.1, 0.15) is 16.8 Å². The van der Waals surface area contributed by atoms with Crippen molar-refractivity contribution in [3.05, 3.63) is 41.1 Å². The summed E-state index contributed by atoms with van der Waals surface area (Å²) >= 11 is 0. The van der Waals surface area contributed by atoms with E-state index >= 15 is 0 Å². The molecule has 0 unspecified atom stereocenters. The highest BCUT2D eigenvalue weighted by Gasteiger charge is 2.15. The van der Waals surface area contributed by atoms with E-state index in [1.54, 1.807) is 4.68 Å². The Kier molecular flexibility index (Phi) is 3.64. The van der Waals surface area contributed by atoms with Crippen molar-refractivity contribution in [3.8, 4) is 11.6 Å². The third-order valence-corrected chi connectivity index (χ3v) is 2.84. The molecule has 5 heteroatoms. The minimum Gasteiger partial charge on any atom is -0.439 e. The number of aryl methyl sites for hydroxylation is 2. The van der Waals surface area contributed by atoms with Crippen LogP contribution in [0.15, 0.2) is 24.3 Å². The minimum absolute atomic E-state index is 0.0645. The fraction of sp³-hybridized carbons (Fsp3) is 0.308. The van der Waals surface area contributed by atoms with Gasteiger partial charge in [0, 0.05) is 19.2 Å². The molecular weight excluding hydrogens is 230 g/mol. The Labute approximate surface area is 106 Å². The third kappa shape index (κ3) is 2.23. The van der Waals surface area contributed by atoms with Crippen LogP contribution >= 0.6 is 0 Å². The van der Waals surface area contributed by atoms with Gasteiger partial charge in [-0.05, 0) is 13.0 Å². The Morgan fingerprint density at radius 3 is 2.78 bits per heavy atom. The molecule has 96 valence electrons. The maximum absolute atomic E-state index is 9.27. The van der Waals surface area contributed by atoms with E-state index in [-0.39, 0.29) is 6.61 Å². The van der Waals surface area contributed by atoms with E-state index in [9.17, 15) is 5.11 Å². The zero-order valence-corrected chi connectivity index (χ0v) is 10.6. The van der Waals surface area contributed by atoms with Crippen molar-refractivity contribution in [2.45, 2.75) is 20.1 Å². The first-order valence-electron chi connectivity index (χ1n) is 5.76. The second kappa shape index (κ2) is 5.20. The average molecular weight is 247 g/mol. The molecule has 0 aliphatic carbocycles. The van der Waals surface area contributed by atoms with Gasteiger partial charge in [-0.3, -0.25) is 0 Å². The number of aliphatic hydroxyl groups excluding tert-OH is 1. The van der Waals surface area contributed by atoms with Gasteiger partial charge in [0.05, 0.1) is 17.9 Å². The lowest BCUT2D eigenvalue weighted by Gasteiger charge is -2.10. The molecule has 5 nitrogen and oxygen atoms in total. The van der Waals surface area contributed by atoms with Gasteiger partial charge in [0.1, 0.15) is 5.75 Å². The maximum atomic E-state index is 9.27. The van der Waals surface area contributed by atoms with Gasteiger partial charge in [0.2, 0.25) is 5.88 Å². The van der Waals surface area contributed by atoms with Gasteiger partial charge >= 0.3 is 0 Å². The van der Waals surface area contributed by atoms with Gasteiger partial charge in [0.25, 0.3) is 0 Å². The van der Waals surface area contributed by atoms with Crippen molar-refractivity contribution in [2.24, 2.45) is 12.8 Å². The largest absolute Gasteiger partial charge is 0.439 e. The van der Waals surface area contributed by atoms with Gasteiger partial charge in [0.15, 0.2) is 0 Å². The van der Waals surface area contributed by atoms with Crippen LogP contribution in [0.25, 0.3) is 0 Å². The predicted octanol–water partition coefficient (Wildman–Crippen LogP) is 1.47. The maximum Gasteiger partial charge on any atom is 0.222 e. The number of aliphatic hydroxyl groups is 1. The Hall–Kier alpha value is -1.85. The van der Waals surface area contributed by atoms with Crippen LogP contribution in [0.2, 0.25) is 0 Å². The molecule has 0 radical (unpaired) electrons. The zero-order valence-electron chi connectivity index (χ0n) is 10.6. The van der Waals surface area contributed by atoms with Crippen molar-refractivity contribution in [3.63, 3.8) is 0 Å². The molecule has 3 N–H and O–H groups in total. The third-order valence-electron chi connectivity index (χ3n) is 2.84. The summed E-state index contributed by atoms with van der Waals surface area (Å²) in [7, 11) is 1.81. The number of aromatic nitrogens is 2. The number of rotatable bonds is 4. The molecule has 2 rings (SSSR count). The molecule has 1 aromatic carbocycles. The van der Waals surface area contributed by atoms with Crippen molar-refractivity contribution >= 4 is 0 Å². The normalized spacial score (nSPS) is 10.7. The molecule has 0 saturated heterocycles. The lowest BCUT2D eigenvalue weighted by Crippen LogP contribution is -2.02.